The number of fused-ring (bicyclic) bond motifs is 2. The second-order valence-corrected chi connectivity index (χ2v) is 9.90. The SMILES string of the molecule is C=CCN1C(=O)COc2ccc(C(=O)Cn3cnc4sc(C(=O)OCCOc5ccccc5)c(C)c4c3=O)cc21. The molecule has 10 nitrogen and oxygen atoms in total. The first-order valence-electron chi connectivity index (χ1n) is 12.4. The lowest BCUT2D eigenvalue weighted by molar-refractivity contribution is -0.121. The summed E-state index contributed by atoms with van der Waals surface area (Å²) < 4.78 is 17.6. The average molecular weight is 560 g/mol. The minimum atomic E-state index is -0.575. The van der Waals surface area contributed by atoms with E-state index in [-0.39, 0.29) is 54.9 Å². The number of carbonyl (C=O) groups excluding carboxylic acids is 3. The highest BCUT2D eigenvalue weighted by Gasteiger charge is 2.26. The molecule has 0 unspecified atom stereocenters. The molecule has 0 N–H and O–H groups in total. The molecule has 0 fully saturated rings. The summed E-state index contributed by atoms with van der Waals surface area (Å²) in [6, 6.07) is 14.0. The minimum absolute atomic E-state index is 0.0369. The number of aromatic nitrogens is 2. The van der Waals surface area contributed by atoms with E-state index < -0.39 is 11.5 Å². The van der Waals surface area contributed by atoms with Gasteiger partial charge in [0.25, 0.3) is 11.5 Å². The third kappa shape index (κ3) is 5.36. The molecule has 0 bridgehead atoms. The van der Waals surface area contributed by atoms with Crippen LogP contribution in [0.15, 0.2) is 72.3 Å². The van der Waals surface area contributed by atoms with Crippen LogP contribution in [-0.4, -0.2) is 53.6 Å². The number of ether oxygens (including phenoxy) is 3. The monoisotopic (exact) mass is 559 g/mol. The smallest absolute Gasteiger partial charge is 0.348 e. The molecule has 5 rings (SSSR count). The first-order chi connectivity index (χ1) is 19.4. The van der Waals surface area contributed by atoms with Crippen molar-refractivity contribution in [1.29, 1.82) is 0 Å². The van der Waals surface area contributed by atoms with E-state index in [0.29, 0.717) is 33.1 Å². The van der Waals surface area contributed by atoms with Gasteiger partial charge in [-0.1, -0.05) is 24.3 Å². The summed E-state index contributed by atoms with van der Waals surface area (Å²) in [6.45, 7) is 5.46. The van der Waals surface area contributed by atoms with Crippen LogP contribution in [0.2, 0.25) is 0 Å². The van der Waals surface area contributed by atoms with E-state index >= 15 is 0 Å². The number of thiophene rings is 1. The number of para-hydroxylation sites is 1. The van der Waals surface area contributed by atoms with E-state index in [1.54, 1.807) is 43.3 Å². The largest absolute Gasteiger partial charge is 0.490 e. The lowest BCUT2D eigenvalue weighted by Crippen LogP contribution is -2.39. The van der Waals surface area contributed by atoms with Crippen LogP contribution in [0.25, 0.3) is 10.2 Å². The van der Waals surface area contributed by atoms with Crippen molar-refractivity contribution in [3.05, 3.63) is 93.9 Å². The van der Waals surface area contributed by atoms with E-state index in [9.17, 15) is 19.2 Å². The first kappa shape index (κ1) is 26.8. The number of hydrogen-bond acceptors (Lipinski definition) is 9. The van der Waals surface area contributed by atoms with Gasteiger partial charge in [0.05, 0.1) is 23.9 Å². The fourth-order valence-electron chi connectivity index (χ4n) is 4.29. The number of rotatable bonds is 10. The number of carbonyl (C=O) groups is 3. The quantitative estimate of drug-likeness (QED) is 0.125. The lowest BCUT2D eigenvalue weighted by atomic mass is 10.1. The van der Waals surface area contributed by atoms with E-state index in [0.717, 1.165) is 11.3 Å². The number of benzene rings is 2. The Morgan fingerprint density at radius 3 is 2.73 bits per heavy atom. The second kappa shape index (κ2) is 11.5. The van der Waals surface area contributed by atoms with Crippen LogP contribution in [0.1, 0.15) is 25.6 Å². The van der Waals surface area contributed by atoms with Crippen molar-refractivity contribution in [1.82, 2.24) is 9.55 Å². The van der Waals surface area contributed by atoms with Crippen LogP contribution in [0.3, 0.4) is 0 Å². The number of esters is 1. The zero-order chi connectivity index (χ0) is 28.2. The van der Waals surface area contributed by atoms with Crippen molar-refractivity contribution < 1.29 is 28.6 Å². The molecule has 0 radical (unpaired) electrons. The second-order valence-electron chi connectivity index (χ2n) is 8.90. The third-order valence-electron chi connectivity index (χ3n) is 6.28. The van der Waals surface area contributed by atoms with E-state index in [4.69, 9.17) is 14.2 Å². The van der Waals surface area contributed by atoms with Gasteiger partial charge in [0, 0.05) is 12.1 Å². The normalized spacial score (nSPS) is 12.5. The lowest BCUT2D eigenvalue weighted by Gasteiger charge is -2.28. The van der Waals surface area contributed by atoms with Crippen LogP contribution in [0.5, 0.6) is 11.5 Å². The fraction of sp³-hybridized carbons (Fsp3) is 0.207. The molecule has 3 heterocycles. The molecule has 1 aliphatic heterocycles. The minimum Gasteiger partial charge on any atom is -0.490 e. The zero-order valence-corrected chi connectivity index (χ0v) is 22.4. The van der Waals surface area contributed by atoms with Crippen LogP contribution >= 0.6 is 11.3 Å². The summed E-state index contributed by atoms with van der Waals surface area (Å²) in [4.78, 5) is 57.9. The van der Waals surface area contributed by atoms with Gasteiger partial charge in [-0.25, -0.2) is 9.78 Å². The Morgan fingerprint density at radius 2 is 1.95 bits per heavy atom. The Labute approximate surface area is 233 Å². The number of ketones is 1. The van der Waals surface area contributed by atoms with Crippen molar-refractivity contribution in [3.63, 3.8) is 0 Å². The Balaban J connectivity index is 1.31. The summed E-state index contributed by atoms with van der Waals surface area (Å²) in [5.41, 5.74) is 0.775. The topological polar surface area (TPSA) is 117 Å². The number of anilines is 1. The molecule has 40 heavy (non-hydrogen) atoms. The number of Topliss-reactive ketones (excluding diaryl/α,β-unsaturated/α-hetero) is 1. The Bertz CT molecular complexity index is 1680. The molecule has 1 aliphatic rings. The summed E-state index contributed by atoms with van der Waals surface area (Å²) in [6.07, 6.45) is 2.88. The van der Waals surface area contributed by atoms with Gasteiger partial charge >= 0.3 is 5.97 Å². The Hall–Kier alpha value is -4.77. The third-order valence-corrected chi connectivity index (χ3v) is 7.46. The molecule has 0 saturated heterocycles. The van der Waals surface area contributed by atoms with Crippen LogP contribution in [-0.2, 0) is 16.1 Å². The van der Waals surface area contributed by atoms with Crippen LogP contribution in [0, 0.1) is 6.92 Å². The van der Waals surface area contributed by atoms with Gasteiger partial charge in [-0.2, -0.15) is 0 Å². The molecular formula is C29H25N3O7S. The predicted octanol–water partition coefficient (Wildman–Crippen LogP) is 3.80. The molecule has 0 spiro atoms. The molecular weight excluding hydrogens is 534 g/mol. The summed E-state index contributed by atoms with van der Waals surface area (Å²) >= 11 is 1.06. The number of nitrogens with zero attached hydrogens (tertiary/aromatic N) is 3. The summed E-state index contributed by atoms with van der Waals surface area (Å²) in [5.74, 6) is -0.0168. The summed E-state index contributed by atoms with van der Waals surface area (Å²) in [5, 5.41) is 0.259. The maximum Gasteiger partial charge on any atom is 0.348 e. The highest BCUT2D eigenvalue weighted by molar-refractivity contribution is 7.20. The highest BCUT2D eigenvalue weighted by atomic mass is 32.1. The van der Waals surface area contributed by atoms with Gasteiger partial charge in [0.2, 0.25) is 0 Å². The molecule has 11 heteroatoms. The zero-order valence-electron chi connectivity index (χ0n) is 21.6. The van der Waals surface area contributed by atoms with Crippen molar-refractivity contribution in [2.24, 2.45) is 0 Å². The molecule has 2 aromatic carbocycles. The molecule has 0 aliphatic carbocycles. The Kier molecular flexibility index (Phi) is 7.74. The average Bonchev–Trinajstić information content (AvgIpc) is 3.31. The van der Waals surface area contributed by atoms with E-state index in [2.05, 4.69) is 11.6 Å². The first-order valence-corrected chi connectivity index (χ1v) is 13.2. The van der Waals surface area contributed by atoms with E-state index in [1.807, 2.05) is 18.2 Å². The van der Waals surface area contributed by atoms with Gasteiger partial charge in [-0.15, -0.1) is 17.9 Å². The molecule has 0 atom stereocenters. The summed E-state index contributed by atoms with van der Waals surface area (Å²) in [7, 11) is 0. The van der Waals surface area contributed by atoms with Gasteiger partial charge in [0.15, 0.2) is 12.4 Å². The van der Waals surface area contributed by atoms with Gasteiger partial charge in [-0.3, -0.25) is 19.0 Å². The molecule has 2 aromatic heterocycles. The van der Waals surface area contributed by atoms with Gasteiger partial charge in [-0.05, 0) is 42.8 Å². The molecule has 1 amide bonds. The van der Waals surface area contributed by atoms with Crippen LogP contribution < -0.4 is 19.9 Å². The number of amides is 1. The standard InChI is InChI=1S/C29H25N3O7S/c1-3-11-32-21-14-19(9-10-23(21)39-16-24(32)34)22(33)15-31-17-30-27-25(28(31)35)18(2)26(40-27)29(36)38-13-12-37-20-7-5-4-6-8-20/h3-10,14,17H,1,11-13,15-16H2,2H3. The van der Waals surface area contributed by atoms with Crippen LogP contribution in [0.4, 0.5) is 5.69 Å². The number of hydrogen-bond donors (Lipinski definition) is 0. The van der Waals surface area contributed by atoms with Gasteiger partial charge < -0.3 is 19.1 Å². The maximum atomic E-state index is 13.3. The van der Waals surface area contributed by atoms with Gasteiger partial charge in [0.1, 0.15) is 34.4 Å². The van der Waals surface area contributed by atoms with Crippen molar-refractivity contribution in [2.45, 2.75) is 13.5 Å². The van der Waals surface area contributed by atoms with E-state index in [1.165, 1.54) is 15.8 Å². The van der Waals surface area contributed by atoms with Crippen molar-refractivity contribution in [3.8, 4) is 11.5 Å². The predicted molar refractivity (Wildman–Crippen MR) is 150 cm³/mol. The highest BCUT2D eigenvalue weighted by Crippen LogP contribution is 2.33. The van der Waals surface area contributed by atoms with Crippen molar-refractivity contribution >= 4 is 44.9 Å². The number of aryl methyl sites for hydroxylation is 1. The van der Waals surface area contributed by atoms with Crippen molar-refractivity contribution in [2.75, 3.05) is 31.3 Å². The molecule has 204 valence electrons. The fourth-order valence-corrected chi connectivity index (χ4v) is 5.33. The Morgan fingerprint density at radius 1 is 1.15 bits per heavy atom. The maximum absolute atomic E-state index is 13.3. The molecule has 0 saturated carbocycles. The molecule has 4 aromatic rings.